The lowest BCUT2D eigenvalue weighted by atomic mass is 10.1. The zero-order valence-corrected chi connectivity index (χ0v) is 10.7. The van der Waals surface area contributed by atoms with Gasteiger partial charge in [0.25, 0.3) is 0 Å². The second-order valence-corrected chi connectivity index (χ2v) is 4.97. The van der Waals surface area contributed by atoms with Gasteiger partial charge >= 0.3 is 0 Å². The van der Waals surface area contributed by atoms with Gasteiger partial charge in [-0.3, -0.25) is 0 Å². The SMILES string of the molecule is CC(CCc1ccccc1)NCC1CCCO1. The van der Waals surface area contributed by atoms with Crippen LogP contribution in [0.1, 0.15) is 31.7 Å². The molecule has 1 N–H and O–H groups in total. The molecule has 1 fully saturated rings. The maximum atomic E-state index is 5.60. The maximum absolute atomic E-state index is 5.60. The van der Waals surface area contributed by atoms with Gasteiger partial charge in [0.1, 0.15) is 0 Å². The van der Waals surface area contributed by atoms with Gasteiger partial charge in [-0.15, -0.1) is 0 Å². The van der Waals surface area contributed by atoms with E-state index in [1.54, 1.807) is 0 Å². The molecule has 0 radical (unpaired) electrons. The number of benzene rings is 1. The van der Waals surface area contributed by atoms with Crippen LogP contribution in [0, 0.1) is 0 Å². The molecule has 2 unspecified atom stereocenters. The third-order valence-corrected chi connectivity index (χ3v) is 3.43. The Morgan fingerprint density at radius 1 is 1.35 bits per heavy atom. The third-order valence-electron chi connectivity index (χ3n) is 3.43. The highest BCUT2D eigenvalue weighted by Crippen LogP contribution is 2.11. The molecule has 1 saturated heterocycles. The van der Waals surface area contributed by atoms with Crippen LogP contribution < -0.4 is 5.32 Å². The van der Waals surface area contributed by atoms with Gasteiger partial charge in [-0.1, -0.05) is 30.3 Å². The Hall–Kier alpha value is -0.860. The number of hydrogen-bond acceptors (Lipinski definition) is 2. The van der Waals surface area contributed by atoms with Crippen molar-refractivity contribution in [2.45, 2.75) is 44.8 Å². The summed E-state index contributed by atoms with van der Waals surface area (Å²) in [6.45, 7) is 4.22. The van der Waals surface area contributed by atoms with Crippen LogP contribution in [-0.2, 0) is 11.2 Å². The van der Waals surface area contributed by atoms with Gasteiger partial charge in [-0.25, -0.2) is 0 Å². The molecule has 0 spiro atoms. The highest BCUT2D eigenvalue weighted by Gasteiger charge is 2.15. The molecule has 2 nitrogen and oxygen atoms in total. The molecular formula is C15H23NO. The van der Waals surface area contributed by atoms with Crippen molar-refractivity contribution in [2.75, 3.05) is 13.2 Å². The normalized spacial score (nSPS) is 21.6. The predicted molar refractivity (Wildman–Crippen MR) is 71.2 cm³/mol. The van der Waals surface area contributed by atoms with Crippen LogP contribution >= 0.6 is 0 Å². The van der Waals surface area contributed by atoms with Gasteiger partial charge in [0, 0.05) is 19.2 Å². The van der Waals surface area contributed by atoms with E-state index in [-0.39, 0.29) is 0 Å². The van der Waals surface area contributed by atoms with Crippen molar-refractivity contribution in [3.05, 3.63) is 35.9 Å². The minimum atomic E-state index is 0.453. The molecule has 17 heavy (non-hydrogen) atoms. The van der Waals surface area contributed by atoms with E-state index in [4.69, 9.17) is 4.74 Å². The predicted octanol–water partition coefficient (Wildman–Crippen LogP) is 2.78. The first-order valence-corrected chi connectivity index (χ1v) is 6.73. The first kappa shape index (κ1) is 12.6. The summed E-state index contributed by atoms with van der Waals surface area (Å²) < 4.78 is 5.60. The summed E-state index contributed by atoms with van der Waals surface area (Å²) in [5, 5.41) is 3.57. The molecule has 2 heteroatoms. The molecule has 1 aromatic rings. The van der Waals surface area contributed by atoms with Gasteiger partial charge in [0.2, 0.25) is 0 Å². The average molecular weight is 233 g/mol. The summed E-state index contributed by atoms with van der Waals surface area (Å²) in [4.78, 5) is 0. The van der Waals surface area contributed by atoms with Crippen LogP contribution in [0.25, 0.3) is 0 Å². The summed E-state index contributed by atoms with van der Waals surface area (Å²) in [5.41, 5.74) is 1.43. The van der Waals surface area contributed by atoms with Crippen LogP contribution in [0.3, 0.4) is 0 Å². The molecule has 1 heterocycles. The number of hydrogen-bond donors (Lipinski definition) is 1. The Balaban J connectivity index is 1.62. The summed E-state index contributed by atoms with van der Waals surface area (Å²) in [7, 11) is 0. The molecule has 0 bridgehead atoms. The lowest BCUT2D eigenvalue weighted by Crippen LogP contribution is -2.33. The quantitative estimate of drug-likeness (QED) is 0.816. The summed E-state index contributed by atoms with van der Waals surface area (Å²) >= 11 is 0. The molecule has 0 saturated carbocycles. The molecule has 2 rings (SSSR count). The molecule has 1 aliphatic rings. The van der Waals surface area contributed by atoms with Gasteiger partial charge < -0.3 is 10.1 Å². The number of rotatable bonds is 6. The Labute approximate surface area is 104 Å². The Kier molecular flexibility index (Phi) is 5.02. The van der Waals surface area contributed by atoms with Crippen molar-refractivity contribution in [3.63, 3.8) is 0 Å². The molecule has 2 atom stereocenters. The fraction of sp³-hybridized carbons (Fsp3) is 0.600. The van der Waals surface area contributed by atoms with Crippen molar-refractivity contribution < 1.29 is 4.74 Å². The number of nitrogens with one attached hydrogen (secondary N) is 1. The Morgan fingerprint density at radius 3 is 2.88 bits per heavy atom. The molecule has 1 aliphatic heterocycles. The van der Waals surface area contributed by atoms with E-state index in [9.17, 15) is 0 Å². The Bertz CT molecular complexity index is 306. The fourth-order valence-corrected chi connectivity index (χ4v) is 2.27. The Morgan fingerprint density at radius 2 is 2.18 bits per heavy atom. The molecular weight excluding hydrogens is 210 g/mol. The highest BCUT2D eigenvalue weighted by molar-refractivity contribution is 5.14. The number of aryl methyl sites for hydroxylation is 1. The van der Waals surface area contributed by atoms with E-state index in [0.29, 0.717) is 12.1 Å². The second-order valence-electron chi connectivity index (χ2n) is 4.97. The van der Waals surface area contributed by atoms with Crippen LogP contribution in [0.4, 0.5) is 0 Å². The largest absolute Gasteiger partial charge is 0.377 e. The van der Waals surface area contributed by atoms with E-state index in [0.717, 1.165) is 19.6 Å². The van der Waals surface area contributed by atoms with Crippen LogP contribution in [0.2, 0.25) is 0 Å². The minimum Gasteiger partial charge on any atom is -0.377 e. The summed E-state index contributed by atoms with van der Waals surface area (Å²) in [6.07, 6.45) is 5.25. The zero-order chi connectivity index (χ0) is 11.9. The second kappa shape index (κ2) is 6.77. The average Bonchev–Trinajstić information content (AvgIpc) is 2.88. The van der Waals surface area contributed by atoms with Gasteiger partial charge in [-0.05, 0) is 38.2 Å². The first-order chi connectivity index (χ1) is 8.34. The molecule has 1 aromatic carbocycles. The summed E-state index contributed by atoms with van der Waals surface area (Å²) in [6, 6.07) is 11.3. The zero-order valence-electron chi connectivity index (χ0n) is 10.7. The van der Waals surface area contributed by atoms with Gasteiger partial charge in [-0.2, -0.15) is 0 Å². The fourth-order valence-electron chi connectivity index (χ4n) is 2.27. The molecule has 0 aromatic heterocycles. The lowest BCUT2D eigenvalue weighted by molar-refractivity contribution is 0.107. The van der Waals surface area contributed by atoms with Gasteiger partial charge in [0.05, 0.1) is 6.10 Å². The van der Waals surface area contributed by atoms with E-state index in [1.165, 1.54) is 24.8 Å². The topological polar surface area (TPSA) is 21.3 Å². The lowest BCUT2D eigenvalue weighted by Gasteiger charge is -2.16. The van der Waals surface area contributed by atoms with Crippen molar-refractivity contribution in [1.29, 1.82) is 0 Å². The van der Waals surface area contributed by atoms with Gasteiger partial charge in [0.15, 0.2) is 0 Å². The smallest absolute Gasteiger partial charge is 0.0700 e. The van der Waals surface area contributed by atoms with E-state index < -0.39 is 0 Å². The van der Waals surface area contributed by atoms with E-state index in [2.05, 4.69) is 42.6 Å². The monoisotopic (exact) mass is 233 g/mol. The summed E-state index contributed by atoms with van der Waals surface area (Å²) in [5.74, 6) is 0. The highest BCUT2D eigenvalue weighted by atomic mass is 16.5. The van der Waals surface area contributed by atoms with Crippen LogP contribution in [0.15, 0.2) is 30.3 Å². The molecule has 0 amide bonds. The van der Waals surface area contributed by atoms with E-state index in [1.807, 2.05) is 0 Å². The third kappa shape index (κ3) is 4.49. The maximum Gasteiger partial charge on any atom is 0.0700 e. The van der Waals surface area contributed by atoms with Crippen LogP contribution in [0.5, 0.6) is 0 Å². The van der Waals surface area contributed by atoms with E-state index >= 15 is 0 Å². The molecule has 94 valence electrons. The van der Waals surface area contributed by atoms with Crippen molar-refractivity contribution >= 4 is 0 Å². The standard InChI is InChI=1S/C15H23NO/c1-13(16-12-15-8-5-11-17-15)9-10-14-6-3-2-4-7-14/h2-4,6-7,13,15-16H,5,8-12H2,1H3. The molecule has 0 aliphatic carbocycles. The van der Waals surface area contributed by atoms with Crippen LogP contribution in [-0.4, -0.2) is 25.3 Å². The minimum absolute atomic E-state index is 0.453. The first-order valence-electron chi connectivity index (χ1n) is 6.73. The van der Waals surface area contributed by atoms with Crippen molar-refractivity contribution in [1.82, 2.24) is 5.32 Å². The van der Waals surface area contributed by atoms with Crippen molar-refractivity contribution in [2.24, 2.45) is 0 Å². The van der Waals surface area contributed by atoms with Crippen molar-refractivity contribution in [3.8, 4) is 0 Å². The number of ether oxygens (including phenoxy) is 1.